The van der Waals surface area contributed by atoms with Gasteiger partial charge in [-0.1, -0.05) is 19.3 Å². The molecule has 17 heavy (non-hydrogen) atoms. The Morgan fingerprint density at radius 1 is 1.29 bits per heavy atom. The molecule has 1 unspecified atom stereocenters. The molecule has 0 bridgehead atoms. The van der Waals surface area contributed by atoms with Crippen molar-refractivity contribution in [1.82, 2.24) is 5.32 Å². The largest absolute Gasteiger partial charge is 0.370 e. The molecule has 0 aromatic heterocycles. The van der Waals surface area contributed by atoms with Crippen molar-refractivity contribution < 1.29 is 4.79 Å². The van der Waals surface area contributed by atoms with Gasteiger partial charge >= 0.3 is 0 Å². The zero-order chi connectivity index (χ0) is 12.5. The fourth-order valence-corrected chi connectivity index (χ4v) is 3.73. The number of hydrogen-bond acceptors (Lipinski definition) is 2. The van der Waals surface area contributed by atoms with E-state index >= 15 is 0 Å². The van der Waals surface area contributed by atoms with Gasteiger partial charge < -0.3 is 11.1 Å². The molecule has 2 fully saturated rings. The Morgan fingerprint density at radius 3 is 2.41 bits per heavy atom. The SMILES string of the molecule is CC(C)(CC(N)=O)NC1CCC12CCCCC2. The fourth-order valence-electron chi connectivity index (χ4n) is 3.73. The van der Waals surface area contributed by atoms with Crippen LogP contribution in [0.3, 0.4) is 0 Å². The van der Waals surface area contributed by atoms with Crippen LogP contribution in [0.5, 0.6) is 0 Å². The lowest BCUT2D eigenvalue weighted by atomic mass is 9.57. The summed E-state index contributed by atoms with van der Waals surface area (Å²) < 4.78 is 0. The first kappa shape index (κ1) is 12.9. The minimum Gasteiger partial charge on any atom is -0.370 e. The predicted molar refractivity (Wildman–Crippen MR) is 69.6 cm³/mol. The number of rotatable bonds is 4. The maximum absolute atomic E-state index is 11.1. The van der Waals surface area contributed by atoms with E-state index in [0.717, 1.165) is 0 Å². The van der Waals surface area contributed by atoms with E-state index < -0.39 is 0 Å². The van der Waals surface area contributed by atoms with Gasteiger partial charge in [0.05, 0.1) is 0 Å². The Kier molecular flexibility index (Phi) is 3.48. The van der Waals surface area contributed by atoms with Crippen molar-refractivity contribution in [2.75, 3.05) is 0 Å². The van der Waals surface area contributed by atoms with Crippen molar-refractivity contribution in [2.24, 2.45) is 11.1 Å². The molecule has 1 atom stereocenters. The summed E-state index contributed by atoms with van der Waals surface area (Å²) in [5.74, 6) is -0.209. The van der Waals surface area contributed by atoms with Crippen LogP contribution >= 0.6 is 0 Å². The third-order valence-corrected chi connectivity index (χ3v) is 4.70. The third kappa shape index (κ3) is 2.82. The highest BCUT2D eigenvalue weighted by Gasteiger charge is 2.48. The molecule has 2 rings (SSSR count). The van der Waals surface area contributed by atoms with Crippen LogP contribution in [0.25, 0.3) is 0 Å². The lowest BCUT2D eigenvalue weighted by Crippen LogP contribution is -2.60. The average molecular weight is 238 g/mol. The van der Waals surface area contributed by atoms with Gasteiger partial charge in [-0.15, -0.1) is 0 Å². The predicted octanol–water partition coefficient (Wildman–Crippen LogP) is 2.34. The molecular weight excluding hydrogens is 212 g/mol. The van der Waals surface area contributed by atoms with E-state index in [1.54, 1.807) is 0 Å². The molecule has 3 nitrogen and oxygen atoms in total. The zero-order valence-corrected chi connectivity index (χ0v) is 11.2. The molecule has 0 aliphatic heterocycles. The fraction of sp³-hybridized carbons (Fsp3) is 0.929. The second kappa shape index (κ2) is 4.60. The van der Waals surface area contributed by atoms with Crippen LogP contribution in [-0.4, -0.2) is 17.5 Å². The van der Waals surface area contributed by atoms with Crippen LogP contribution < -0.4 is 11.1 Å². The molecule has 1 amide bonds. The monoisotopic (exact) mass is 238 g/mol. The lowest BCUT2D eigenvalue weighted by molar-refractivity contribution is -0.119. The topological polar surface area (TPSA) is 55.1 Å². The van der Waals surface area contributed by atoms with Crippen LogP contribution in [0, 0.1) is 5.41 Å². The van der Waals surface area contributed by atoms with E-state index in [1.165, 1.54) is 44.9 Å². The van der Waals surface area contributed by atoms with Gasteiger partial charge in [-0.25, -0.2) is 0 Å². The smallest absolute Gasteiger partial charge is 0.219 e. The molecule has 2 aliphatic rings. The lowest BCUT2D eigenvalue weighted by Gasteiger charge is -2.54. The first-order valence-corrected chi connectivity index (χ1v) is 7.00. The van der Waals surface area contributed by atoms with Crippen molar-refractivity contribution in [3.63, 3.8) is 0 Å². The van der Waals surface area contributed by atoms with E-state index in [-0.39, 0.29) is 11.4 Å². The zero-order valence-electron chi connectivity index (χ0n) is 11.2. The van der Waals surface area contributed by atoms with Gasteiger partial charge in [0.15, 0.2) is 0 Å². The normalized spacial score (nSPS) is 27.8. The summed E-state index contributed by atoms with van der Waals surface area (Å²) in [5, 5.41) is 3.68. The minimum atomic E-state index is -0.209. The summed E-state index contributed by atoms with van der Waals surface area (Å²) in [7, 11) is 0. The molecule has 2 aliphatic carbocycles. The average Bonchev–Trinajstić information content (AvgIpc) is 2.24. The minimum absolute atomic E-state index is 0.151. The summed E-state index contributed by atoms with van der Waals surface area (Å²) in [5.41, 5.74) is 5.70. The Labute approximate surface area is 105 Å². The molecule has 2 saturated carbocycles. The Bertz CT molecular complexity index is 293. The highest BCUT2D eigenvalue weighted by atomic mass is 16.1. The van der Waals surface area contributed by atoms with Crippen LogP contribution in [0.4, 0.5) is 0 Å². The van der Waals surface area contributed by atoms with Gasteiger partial charge in [-0.3, -0.25) is 4.79 Å². The quantitative estimate of drug-likeness (QED) is 0.790. The highest BCUT2D eigenvalue weighted by Crippen LogP contribution is 2.52. The van der Waals surface area contributed by atoms with Crippen molar-refractivity contribution in [3.8, 4) is 0 Å². The van der Waals surface area contributed by atoms with Crippen LogP contribution in [-0.2, 0) is 4.79 Å². The molecule has 0 radical (unpaired) electrons. The van der Waals surface area contributed by atoms with E-state index in [1.807, 2.05) is 0 Å². The molecule has 3 N–H and O–H groups in total. The molecule has 0 saturated heterocycles. The summed E-state index contributed by atoms with van der Waals surface area (Å²) in [4.78, 5) is 11.1. The number of hydrogen-bond donors (Lipinski definition) is 2. The molecular formula is C14H26N2O. The van der Waals surface area contributed by atoms with Gasteiger partial charge in [-0.2, -0.15) is 0 Å². The summed E-state index contributed by atoms with van der Waals surface area (Å²) in [6.45, 7) is 4.18. The van der Waals surface area contributed by atoms with Gasteiger partial charge in [0.2, 0.25) is 5.91 Å². The van der Waals surface area contributed by atoms with Crippen molar-refractivity contribution >= 4 is 5.91 Å². The second-order valence-electron chi connectivity index (χ2n) is 6.69. The molecule has 98 valence electrons. The molecule has 0 aromatic rings. The Hall–Kier alpha value is -0.570. The van der Waals surface area contributed by atoms with Crippen molar-refractivity contribution in [1.29, 1.82) is 0 Å². The van der Waals surface area contributed by atoms with E-state index in [0.29, 0.717) is 17.9 Å². The van der Waals surface area contributed by atoms with Gasteiger partial charge in [-0.05, 0) is 44.9 Å². The maximum atomic E-state index is 11.1. The summed E-state index contributed by atoms with van der Waals surface area (Å²) in [6.07, 6.45) is 9.98. The van der Waals surface area contributed by atoms with Crippen molar-refractivity contribution in [2.45, 2.75) is 76.8 Å². The number of nitrogens with one attached hydrogen (secondary N) is 1. The van der Waals surface area contributed by atoms with Gasteiger partial charge in [0.25, 0.3) is 0 Å². The summed E-state index contributed by atoms with van der Waals surface area (Å²) in [6, 6.07) is 0.608. The van der Waals surface area contributed by atoms with Crippen LogP contribution in [0.1, 0.15) is 65.2 Å². The number of nitrogens with two attached hydrogens (primary N) is 1. The van der Waals surface area contributed by atoms with E-state index in [9.17, 15) is 4.79 Å². The number of carbonyl (C=O) groups excluding carboxylic acids is 1. The number of carbonyl (C=O) groups is 1. The molecule has 0 aromatic carbocycles. The second-order valence-corrected chi connectivity index (χ2v) is 6.69. The van der Waals surface area contributed by atoms with E-state index in [2.05, 4.69) is 19.2 Å². The first-order chi connectivity index (χ1) is 7.94. The molecule has 3 heteroatoms. The molecule has 1 spiro atoms. The maximum Gasteiger partial charge on any atom is 0.219 e. The van der Waals surface area contributed by atoms with Crippen molar-refractivity contribution in [3.05, 3.63) is 0 Å². The van der Waals surface area contributed by atoms with Gasteiger partial charge in [0.1, 0.15) is 0 Å². The van der Waals surface area contributed by atoms with Crippen LogP contribution in [0.2, 0.25) is 0 Å². The van der Waals surface area contributed by atoms with Crippen LogP contribution in [0.15, 0.2) is 0 Å². The highest BCUT2D eigenvalue weighted by molar-refractivity contribution is 5.75. The standard InChI is InChI=1S/C14H26N2O/c1-13(2,10-12(15)17)16-11-6-9-14(11)7-4-3-5-8-14/h11,16H,3-10H2,1-2H3,(H2,15,17). The number of primary amides is 1. The third-order valence-electron chi connectivity index (χ3n) is 4.70. The Balaban J connectivity index is 1.92. The number of amides is 1. The van der Waals surface area contributed by atoms with Gasteiger partial charge in [0, 0.05) is 18.0 Å². The Morgan fingerprint density at radius 2 is 1.94 bits per heavy atom. The first-order valence-electron chi connectivity index (χ1n) is 7.00. The molecule has 0 heterocycles. The van der Waals surface area contributed by atoms with E-state index in [4.69, 9.17) is 5.73 Å². The summed E-state index contributed by atoms with van der Waals surface area (Å²) >= 11 is 0.